The first kappa shape index (κ1) is 12.4. The molecule has 0 bridgehead atoms. The number of nitrogens with zero attached hydrogens (tertiary/aromatic N) is 2. The summed E-state index contributed by atoms with van der Waals surface area (Å²) in [5.41, 5.74) is 3.99. The normalized spacial score (nSPS) is 10.8. The molecule has 3 aromatic rings. The monoisotopic (exact) mass is 266 g/mol. The van der Waals surface area contributed by atoms with Crippen LogP contribution in [-0.4, -0.2) is 20.6 Å². The summed E-state index contributed by atoms with van der Waals surface area (Å²) in [7, 11) is 0. The molecule has 20 heavy (non-hydrogen) atoms. The summed E-state index contributed by atoms with van der Waals surface area (Å²) in [5, 5.41) is 9.17. The topological polar surface area (TPSA) is 55.1 Å². The zero-order chi connectivity index (χ0) is 14.1. The van der Waals surface area contributed by atoms with Gasteiger partial charge >= 0.3 is 5.97 Å². The van der Waals surface area contributed by atoms with Crippen molar-refractivity contribution < 1.29 is 9.90 Å². The molecular formula is C16H14N2O2. The zero-order valence-electron chi connectivity index (χ0n) is 11.1. The highest BCUT2D eigenvalue weighted by Crippen LogP contribution is 2.19. The first-order valence-electron chi connectivity index (χ1n) is 6.38. The molecule has 0 aliphatic carbocycles. The fraction of sp³-hybridized carbons (Fsp3) is 0.125. The van der Waals surface area contributed by atoms with Crippen LogP contribution in [0.25, 0.3) is 11.0 Å². The molecule has 4 nitrogen and oxygen atoms in total. The summed E-state index contributed by atoms with van der Waals surface area (Å²) in [5.74, 6) is -0.948. The van der Waals surface area contributed by atoms with E-state index in [-0.39, 0.29) is 5.56 Å². The van der Waals surface area contributed by atoms with Gasteiger partial charge in [0, 0.05) is 6.54 Å². The molecule has 0 saturated carbocycles. The van der Waals surface area contributed by atoms with Gasteiger partial charge < -0.3 is 9.67 Å². The Kier molecular flexibility index (Phi) is 2.99. The standard InChI is InChI=1S/C16H14N2O2/c1-11-4-2-5-12(8-11)9-18-10-17-15-13(16(19)20)6-3-7-14(15)18/h2-8,10H,9H2,1H3,(H,19,20). The number of para-hydroxylation sites is 1. The Labute approximate surface area is 116 Å². The van der Waals surface area contributed by atoms with E-state index in [4.69, 9.17) is 5.11 Å². The Morgan fingerprint density at radius 1 is 1.25 bits per heavy atom. The Balaban J connectivity index is 2.05. The molecule has 0 spiro atoms. The summed E-state index contributed by atoms with van der Waals surface area (Å²) in [6.45, 7) is 2.74. The van der Waals surface area contributed by atoms with Gasteiger partial charge in [0.1, 0.15) is 5.52 Å². The van der Waals surface area contributed by atoms with Crippen LogP contribution >= 0.6 is 0 Å². The SMILES string of the molecule is Cc1cccc(Cn2cnc3c(C(=O)O)cccc32)c1. The molecule has 1 N–H and O–H groups in total. The highest BCUT2D eigenvalue weighted by Gasteiger charge is 2.12. The maximum atomic E-state index is 11.2. The second-order valence-corrected chi connectivity index (χ2v) is 4.84. The molecular weight excluding hydrogens is 252 g/mol. The summed E-state index contributed by atoms with van der Waals surface area (Å²) < 4.78 is 1.97. The minimum absolute atomic E-state index is 0.241. The number of carboxylic acids is 1. The number of aromatic nitrogens is 2. The quantitative estimate of drug-likeness (QED) is 0.792. The van der Waals surface area contributed by atoms with Gasteiger partial charge in [0.15, 0.2) is 0 Å². The van der Waals surface area contributed by atoms with Crippen molar-refractivity contribution in [3.8, 4) is 0 Å². The van der Waals surface area contributed by atoms with Crippen LogP contribution in [0.5, 0.6) is 0 Å². The minimum Gasteiger partial charge on any atom is -0.478 e. The van der Waals surface area contributed by atoms with E-state index in [2.05, 4.69) is 30.1 Å². The Morgan fingerprint density at radius 3 is 2.80 bits per heavy atom. The molecule has 0 aliphatic rings. The van der Waals surface area contributed by atoms with E-state index in [9.17, 15) is 4.79 Å². The van der Waals surface area contributed by atoms with Gasteiger partial charge in [-0.25, -0.2) is 9.78 Å². The second kappa shape index (κ2) is 4.81. The van der Waals surface area contributed by atoms with Crippen LogP contribution in [0.1, 0.15) is 21.5 Å². The summed E-state index contributed by atoms with van der Waals surface area (Å²) in [6, 6.07) is 13.5. The van der Waals surface area contributed by atoms with E-state index < -0.39 is 5.97 Å². The summed E-state index contributed by atoms with van der Waals surface area (Å²) in [4.78, 5) is 15.4. The first-order chi connectivity index (χ1) is 9.65. The predicted molar refractivity (Wildman–Crippen MR) is 77.0 cm³/mol. The number of hydrogen-bond donors (Lipinski definition) is 1. The van der Waals surface area contributed by atoms with E-state index in [1.54, 1.807) is 18.5 Å². The largest absolute Gasteiger partial charge is 0.478 e. The minimum atomic E-state index is -0.948. The summed E-state index contributed by atoms with van der Waals surface area (Å²) >= 11 is 0. The first-order valence-corrected chi connectivity index (χ1v) is 6.38. The van der Waals surface area contributed by atoms with Crippen LogP contribution in [0.3, 0.4) is 0 Å². The molecule has 4 heteroatoms. The van der Waals surface area contributed by atoms with Crippen molar-refractivity contribution >= 4 is 17.0 Å². The molecule has 0 unspecified atom stereocenters. The van der Waals surface area contributed by atoms with E-state index >= 15 is 0 Å². The molecule has 0 fully saturated rings. The lowest BCUT2D eigenvalue weighted by atomic mass is 10.1. The molecule has 1 aromatic heterocycles. The van der Waals surface area contributed by atoms with Crippen molar-refractivity contribution in [1.29, 1.82) is 0 Å². The number of carbonyl (C=O) groups is 1. The second-order valence-electron chi connectivity index (χ2n) is 4.84. The molecule has 0 amide bonds. The molecule has 0 aliphatic heterocycles. The van der Waals surface area contributed by atoms with Crippen molar-refractivity contribution in [1.82, 2.24) is 9.55 Å². The van der Waals surface area contributed by atoms with E-state index in [1.165, 1.54) is 11.1 Å². The smallest absolute Gasteiger partial charge is 0.337 e. The number of rotatable bonds is 3. The fourth-order valence-electron chi connectivity index (χ4n) is 2.39. The Hall–Kier alpha value is -2.62. The molecule has 0 atom stereocenters. The average molecular weight is 266 g/mol. The zero-order valence-corrected chi connectivity index (χ0v) is 11.1. The van der Waals surface area contributed by atoms with Gasteiger partial charge in [0.25, 0.3) is 0 Å². The third-order valence-corrected chi connectivity index (χ3v) is 3.32. The van der Waals surface area contributed by atoms with Gasteiger partial charge in [-0.3, -0.25) is 0 Å². The van der Waals surface area contributed by atoms with Crippen LogP contribution < -0.4 is 0 Å². The third-order valence-electron chi connectivity index (χ3n) is 3.32. The summed E-state index contributed by atoms with van der Waals surface area (Å²) in [6.07, 6.45) is 1.69. The Morgan fingerprint density at radius 2 is 2.05 bits per heavy atom. The van der Waals surface area contributed by atoms with Crippen LogP contribution in [0, 0.1) is 6.92 Å². The van der Waals surface area contributed by atoms with Crippen molar-refractivity contribution in [2.75, 3.05) is 0 Å². The number of aromatic carboxylic acids is 1. The number of hydrogen-bond acceptors (Lipinski definition) is 2. The van der Waals surface area contributed by atoms with Crippen LogP contribution in [0.4, 0.5) is 0 Å². The van der Waals surface area contributed by atoms with Crippen molar-refractivity contribution in [2.45, 2.75) is 13.5 Å². The average Bonchev–Trinajstić information content (AvgIpc) is 2.82. The highest BCUT2D eigenvalue weighted by atomic mass is 16.4. The lowest BCUT2D eigenvalue weighted by Gasteiger charge is -2.06. The van der Waals surface area contributed by atoms with Crippen molar-refractivity contribution in [3.63, 3.8) is 0 Å². The van der Waals surface area contributed by atoms with E-state index in [1.807, 2.05) is 16.7 Å². The molecule has 3 rings (SSSR count). The van der Waals surface area contributed by atoms with Crippen molar-refractivity contribution in [3.05, 3.63) is 65.5 Å². The van der Waals surface area contributed by atoms with Gasteiger partial charge in [-0.2, -0.15) is 0 Å². The van der Waals surface area contributed by atoms with Gasteiger partial charge in [0.05, 0.1) is 17.4 Å². The maximum Gasteiger partial charge on any atom is 0.337 e. The highest BCUT2D eigenvalue weighted by molar-refractivity contribution is 6.00. The Bertz CT molecular complexity index is 790. The molecule has 0 saturated heterocycles. The van der Waals surface area contributed by atoms with Gasteiger partial charge in [0.2, 0.25) is 0 Å². The predicted octanol–water partition coefficient (Wildman–Crippen LogP) is 3.09. The van der Waals surface area contributed by atoms with Crippen LogP contribution in [-0.2, 0) is 6.54 Å². The van der Waals surface area contributed by atoms with Crippen LogP contribution in [0.15, 0.2) is 48.8 Å². The molecule has 100 valence electrons. The van der Waals surface area contributed by atoms with Gasteiger partial charge in [-0.15, -0.1) is 0 Å². The maximum absolute atomic E-state index is 11.2. The number of fused-ring (bicyclic) bond motifs is 1. The number of carboxylic acid groups (broad SMARTS) is 1. The van der Waals surface area contributed by atoms with E-state index in [0.717, 1.165) is 5.52 Å². The number of imidazole rings is 1. The molecule has 2 aromatic carbocycles. The van der Waals surface area contributed by atoms with Crippen LogP contribution in [0.2, 0.25) is 0 Å². The van der Waals surface area contributed by atoms with Crippen molar-refractivity contribution in [2.24, 2.45) is 0 Å². The molecule has 1 heterocycles. The lowest BCUT2D eigenvalue weighted by molar-refractivity contribution is 0.0699. The number of benzene rings is 2. The fourth-order valence-corrected chi connectivity index (χ4v) is 2.39. The third kappa shape index (κ3) is 2.16. The molecule has 0 radical (unpaired) electrons. The lowest BCUT2D eigenvalue weighted by Crippen LogP contribution is -2.00. The van der Waals surface area contributed by atoms with E-state index in [0.29, 0.717) is 12.1 Å². The van der Waals surface area contributed by atoms with Gasteiger partial charge in [-0.05, 0) is 24.6 Å². The van der Waals surface area contributed by atoms with Gasteiger partial charge in [-0.1, -0.05) is 35.9 Å². The number of aryl methyl sites for hydroxylation is 1.